The van der Waals surface area contributed by atoms with Crippen LogP contribution in [0.15, 0.2) is 18.3 Å². The summed E-state index contributed by atoms with van der Waals surface area (Å²) in [5.74, 6) is -0.389. The number of rotatable bonds is 9. The van der Waals surface area contributed by atoms with Crippen LogP contribution in [0.25, 0.3) is 0 Å². The number of amides is 2. The molecule has 0 spiro atoms. The zero-order chi connectivity index (χ0) is 15.5. The lowest BCUT2D eigenvalue weighted by Gasteiger charge is -2.07. The van der Waals surface area contributed by atoms with Crippen LogP contribution in [0.5, 0.6) is 0 Å². The highest BCUT2D eigenvalue weighted by molar-refractivity contribution is 5.98. The summed E-state index contributed by atoms with van der Waals surface area (Å²) in [6, 6.07) is 3.16. The third-order valence-corrected chi connectivity index (χ3v) is 3.14. The highest BCUT2D eigenvalue weighted by atomic mass is 16.2. The minimum atomic E-state index is -0.232. The Morgan fingerprint density at radius 1 is 1.00 bits per heavy atom. The number of hydrogen-bond donors (Lipinski definition) is 2. The molecule has 21 heavy (non-hydrogen) atoms. The van der Waals surface area contributed by atoms with E-state index in [1.54, 1.807) is 6.07 Å². The maximum absolute atomic E-state index is 12.0. The Bertz CT molecular complexity index is 461. The molecule has 0 fully saturated rings. The Kier molecular flexibility index (Phi) is 8.09. The van der Waals surface area contributed by atoms with Gasteiger partial charge in [0.25, 0.3) is 11.8 Å². The second-order valence-electron chi connectivity index (χ2n) is 5.00. The van der Waals surface area contributed by atoms with Crippen molar-refractivity contribution < 1.29 is 9.59 Å². The van der Waals surface area contributed by atoms with Crippen molar-refractivity contribution in [1.29, 1.82) is 0 Å². The molecule has 1 rings (SSSR count). The summed E-state index contributed by atoms with van der Waals surface area (Å²) >= 11 is 0. The molecule has 1 aromatic rings. The van der Waals surface area contributed by atoms with E-state index in [0.717, 1.165) is 32.1 Å². The Labute approximate surface area is 126 Å². The fourth-order valence-corrected chi connectivity index (χ4v) is 1.84. The Balaban J connectivity index is 2.54. The van der Waals surface area contributed by atoms with Crippen molar-refractivity contribution in [3.63, 3.8) is 0 Å². The van der Waals surface area contributed by atoms with Crippen molar-refractivity contribution in [3.05, 3.63) is 29.6 Å². The Morgan fingerprint density at radius 3 is 2.38 bits per heavy atom. The molecule has 2 amide bonds. The van der Waals surface area contributed by atoms with E-state index in [1.165, 1.54) is 12.3 Å². The highest BCUT2D eigenvalue weighted by Crippen LogP contribution is 2.03. The lowest BCUT2D eigenvalue weighted by Crippen LogP contribution is -2.27. The molecule has 0 radical (unpaired) electrons. The molecule has 0 aliphatic carbocycles. The van der Waals surface area contributed by atoms with Gasteiger partial charge in [0.2, 0.25) is 0 Å². The van der Waals surface area contributed by atoms with Crippen molar-refractivity contribution in [2.75, 3.05) is 13.1 Å². The van der Waals surface area contributed by atoms with Crippen LogP contribution >= 0.6 is 0 Å². The molecular formula is C16H25N3O2. The predicted octanol–water partition coefficient (Wildman–Crippen LogP) is 2.53. The second-order valence-corrected chi connectivity index (χ2v) is 5.00. The van der Waals surface area contributed by atoms with E-state index < -0.39 is 0 Å². The number of nitrogens with one attached hydrogen (secondary N) is 2. The van der Waals surface area contributed by atoms with E-state index in [1.807, 2.05) is 0 Å². The van der Waals surface area contributed by atoms with Gasteiger partial charge >= 0.3 is 0 Å². The van der Waals surface area contributed by atoms with E-state index in [-0.39, 0.29) is 17.5 Å². The predicted molar refractivity (Wildman–Crippen MR) is 83.3 cm³/mol. The van der Waals surface area contributed by atoms with Gasteiger partial charge in [0.05, 0.1) is 0 Å². The molecule has 0 aliphatic heterocycles. The number of carbonyl (C=O) groups excluding carboxylic acids is 2. The first kappa shape index (κ1) is 17.1. The molecule has 0 atom stereocenters. The van der Waals surface area contributed by atoms with Crippen LogP contribution in [0.4, 0.5) is 0 Å². The monoisotopic (exact) mass is 291 g/mol. The molecule has 5 nitrogen and oxygen atoms in total. The molecule has 1 heterocycles. The van der Waals surface area contributed by atoms with Gasteiger partial charge in [-0.1, -0.05) is 33.1 Å². The van der Waals surface area contributed by atoms with Gasteiger partial charge in [0.1, 0.15) is 5.69 Å². The van der Waals surface area contributed by atoms with Crippen LogP contribution in [0.1, 0.15) is 66.8 Å². The fraction of sp³-hybridized carbons (Fsp3) is 0.562. The van der Waals surface area contributed by atoms with Gasteiger partial charge in [-0.3, -0.25) is 14.6 Å². The maximum Gasteiger partial charge on any atom is 0.269 e. The molecule has 0 bridgehead atoms. The first-order valence-electron chi connectivity index (χ1n) is 7.71. The van der Waals surface area contributed by atoms with Gasteiger partial charge in [0.15, 0.2) is 0 Å². The van der Waals surface area contributed by atoms with Crippen LogP contribution in [0.3, 0.4) is 0 Å². The van der Waals surface area contributed by atoms with Crippen LogP contribution in [0, 0.1) is 0 Å². The Morgan fingerprint density at radius 2 is 1.67 bits per heavy atom. The zero-order valence-corrected chi connectivity index (χ0v) is 12.9. The lowest BCUT2D eigenvalue weighted by molar-refractivity contribution is 0.0948. The molecule has 0 saturated carbocycles. The summed E-state index contributed by atoms with van der Waals surface area (Å²) in [5.41, 5.74) is 0.759. The van der Waals surface area contributed by atoms with E-state index in [4.69, 9.17) is 0 Å². The normalized spacial score (nSPS) is 10.2. The molecular weight excluding hydrogens is 266 g/mol. The van der Waals surface area contributed by atoms with Crippen molar-refractivity contribution in [2.45, 2.75) is 46.0 Å². The van der Waals surface area contributed by atoms with Crippen molar-refractivity contribution in [3.8, 4) is 0 Å². The maximum atomic E-state index is 12.0. The molecule has 0 aromatic carbocycles. The summed E-state index contributed by atoms with van der Waals surface area (Å²) < 4.78 is 0. The number of nitrogens with zero attached hydrogens (tertiary/aromatic N) is 1. The number of pyridine rings is 1. The minimum Gasteiger partial charge on any atom is -0.352 e. The quantitative estimate of drug-likeness (QED) is 0.687. The molecule has 0 aliphatic rings. The SMILES string of the molecule is CCCCCNC(=O)c1ccnc(C(=O)NCCCC)c1. The first-order chi connectivity index (χ1) is 10.2. The molecule has 116 valence electrons. The van der Waals surface area contributed by atoms with Crippen LogP contribution in [0.2, 0.25) is 0 Å². The average molecular weight is 291 g/mol. The van der Waals surface area contributed by atoms with E-state index in [0.29, 0.717) is 18.7 Å². The van der Waals surface area contributed by atoms with E-state index in [2.05, 4.69) is 29.5 Å². The van der Waals surface area contributed by atoms with Gasteiger partial charge in [-0.15, -0.1) is 0 Å². The topological polar surface area (TPSA) is 71.1 Å². The van der Waals surface area contributed by atoms with E-state index in [9.17, 15) is 9.59 Å². The molecule has 0 saturated heterocycles. The van der Waals surface area contributed by atoms with Gasteiger partial charge in [-0.2, -0.15) is 0 Å². The van der Waals surface area contributed by atoms with Crippen molar-refractivity contribution in [1.82, 2.24) is 15.6 Å². The van der Waals surface area contributed by atoms with Gasteiger partial charge in [-0.05, 0) is 25.0 Å². The van der Waals surface area contributed by atoms with Crippen LogP contribution < -0.4 is 10.6 Å². The summed E-state index contributed by atoms with van der Waals surface area (Å²) in [4.78, 5) is 27.9. The third kappa shape index (κ3) is 6.38. The van der Waals surface area contributed by atoms with Crippen LogP contribution in [-0.4, -0.2) is 29.9 Å². The number of unbranched alkanes of at least 4 members (excludes halogenated alkanes) is 3. The summed E-state index contributed by atoms with van der Waals surface area (Å²) in [7, 11) is 0. The zero-order valence-electron chi connectivity index (χ0n) is 12.9. The van der Waals surface area contributed by atoms with Gasteiger partial charge < -0.3 is 10.6 Å². The van der Waals surface area contributed by atoms with Gasteiger partial charge in [-0.25, -0.2) is 0 Å². The molecule has 1 aromatic heterocycles. The Hall–Kier alpha value is -1.91. The number of aromatic nitrogens is 1. The lowest BCUT2D eigenvalue weighted by atomic mass is 10.2. The summed E-state index contributed by atoms with van der Waals surface area (Å²) in [5, 5.41) is 5.65. The molecule has 5 heteroatoms. The largest absolute Gasteiger partial charge is 0.352 e. The fourth-order valence-electron chi connectivity index (χ4n) is 1.84. The van der Waals surface area contributed by atoms with Crippen molar-refractivity contribution in [2.24, 2.45) is 0 Å². The summed E-state index contributed by atoms with van der Waals surface area (Å²) in [6.07, 6.45) is 6.64. The smallest absolute Gasteiger partial charge is 0.269 e. The number of hydrogen-bond acceptors (Lipinski definition) is 3. The van der Waals surface area contributed by atoms with Crippen molar-refractivity contribution >= 4 is 11.8 Å². The number of carbonyl (C=O) groups is 2. The summed E-state index contributed by atoms with van der Waals surface area (Å²) in [6.45, 7) is 5.47. The van der Waals surface area contributed by atoms with E-state index >= 15 is 0 Å². The van der Waals surface area contributed by atoms with Gasteiger partial charge in [0, 0.05) is 24.8 Å². The molecule has 2 N–H and O–H groups in total. The van der Waals surface area contributed by atoms with Crippen LogP contribution in [-0.2, 0) is 0 Å². The molecule has 0 unspecified atom stereocenters. The highest BCUT2D eigenvalue weighted by Gasteiger charge is 2.11. The minimum absolute atomic E-state index is 0.156. The third-order valence-electron chi connectivity index (χ3n) is 3.14. The first-order valence-corrected chi connectivity index (χ1v) is 7.71. The second kappa shape index (κ2) is 9.91. The average Bonchev–Trinajstić information content (AvgIpc) is 2.51. The standard InChI is InChI=1S/C16H25N3O2/c1-3-5-7-10-18-15(20)13-8-11-17-14(12-13)16(21)19-9-6-4-2/h8,11-12H,3-7,9-10H2,1-2H3,(H,18,20)(H,19,21).